The van der Waals surface area contributed by atoms with Crippen molar-refractivity contribution in [1.82, 2.24) is 20.6 Å². The molecule has 2 heterocycles. The highest BCUT2D eigenvalue weighted by atomic mass is 16.3. The number of H-pyrrole nitrogens is 1. The van der Waals surface area contributed by atoms with Crippen LogP contribution in [-0.4, -0.2) is 40.0 Å². The second-order valence-electron chi connectivity index (χ2n) is 6.68. The molecule has 0 spiro atoms. The molecule has 1 aromatic carbocycles. The van der Waals surface area contributed by atoms with Crippen LogP contribution in [0.3, 0.4) is 0 Å². The van der Waals surface area contributed by atoms with Gasteiger partial charge in [0, 0.05) is 35.8 Å². The number of aromatic nitrogens is 2. The molecule has 1 fully saturated rings. The second-order valence-corrected chi connectivity index (χ2v) is 6.68. The van der Waals surface area contributed by atoms with Crippen molar-refractivity contribution in [1.29, 1.82) is 0 Å². The molecule has 3 aromatic rings. The summed E-state index contributed by atoms with van der Waals surface area (Å²) >= 11 is 0. The molecule has 1 saturated carbocycles. The Morgan fingerprint density at radius 1 is 1.22 bits per heavy atom. The first kappa shape index (κ1) is 17.2. The molecule has 4 N–H and O–H groups in total. The molecule has 1 unspecified atom stereocenters. The molecule has 0 radical (unpaired) electrons. The van der Waals surface area contributed by atoms with Gasteiger partial charge in [-0.2, -0.15) is 0 Å². The van der Waals surface area contributed by atoms with E-state index in [0.29, 0.717) is 11.1 Å². The summed E-state index contributed by atoms with van der Waals surface area (Å²) in [7, 11) is 1.50. The van der Waals surface area contributed by atoms with Crippen molar-refractivity contribution in [2.45, 2.75) is 25.0 Å². The molecule has 0 aliphatic heterocycles. The fraction of sp³-hybridized carbons (Fsp3) is 0.250. The molecular weight excluding hydrogens is 344 g/mol. The third kappa shape index (κ3) is 3.41. The molecule has 2 aromatic heterocycles. The normalized spacial score (nSPS) is 14.7. The number of fused-ring (bicyclic) bond motifs is 1. The summed E-state index contributed by atoms with van der Waals surface area (Å²) in [5.41, 5.74) is 2.21. The lowest BCUT2D eigenvalue weighted by molar-refractivity contribution is 0.0950. The lowest BCUT2D eigenvalue weighted by atomic mass is 10.00. The van der Waals surface area contributed by atoms with E-state index in [-0.39, 0.29) is 23.3 Å². The van der Waals surface area contributed by atoms with Gasteiger partial charge in [-0.1, -0.05) is 12.1 Å². The Labute approximate surface area is 155 Å². The average molecular weight is 364 g/mol. The number of nitrogens with zero attached hydrogens (tertiary/aromatic N) is 1. The van der Waals surface area contributed by atoms with Gasteiger partial charge in [0.15, 0.2) is 0 Å². The van der Waals surface area contributed by atoms with Crippen LogP contribution in [0.2, 0.25) is 0 Å². The fourth-order valence-electron chi connectivity index (χ4n) is 3.07. The van der Waals surface area contributed by atoms with Gasteiger partial charge < -0.3 is 20.7 Å². The van der Waals surface area contributed by atoms with Crippen LogP contribution in [0, 0.1) is 0 Å². The molecule has 0 saturated heterocycles. The van der Waals surface area contributed by atoms with Gasteiger partial charge in [0.1, 0.15) is 11.8 Å². The van der Waals surface area contributed by atoms with Gasteiger partial charge in [0.05, 0.1) is 5.69 Å². The lowest BCUT2D eigenvalue weighted by Gasteiger charge is -2.15. The van der Waals surface area contributed by atoms with Crippen molar-refractivity contribution >= 4 is 22.7 Å². The van der Waals surface area contributed by atoms with Crippen molar-refractivity contribution in [3.05, 3.63) is 65.1 Å². The third-order valence-corrected chi connectivity index (χ3v) is 4.68. The SMILES string of the molecule is CNC(=O)c1cc(C(=O)NC2CC2)cc(C(O)c2cccc3[nH]ccc23)n1. The first-order valence-electron chi connectivity index (χ1n) is 8.86. The Hall–Kier alpha value is -3.19. The lowest BCUT2D eigenvalue weighted by Crippen LogP contribution is -2.27. The van der Waals surface area contributed by atoms with Crippen molar-refractivity contribution < 1.29 is 14.7 Å². The molecule has 1 aliphatic rings. The number of carbonyl (C=O) groups excluding carboxylic acids is 2. The third-order valence-electron chi connectivity index (χ3n) is 4.68. The number of hydrogen-bond acceptors (Lipinski definition) is 4. The highest BCUT2D eigenvalue weighted by molar-refractivity contribution is 5.99. The Bertz CT molecular complexity index is 1020. The number of carbonyl (C=O) groups is 2. The highest BCUT2D eigenvalue weighted by Gasteiger charge is 2.26. The molecule has 138 valence electrons. The first-order chi connectivity index (χ1) is 13.1. The van der Waals surface area contributed by atoms with E-state index in [2.05, 4.69) is 20.6 Å². The summed E-state index contributed by atoms with van der Waals surface area (Å²) < 4.78 is 0. The zero-order valence-corrected chi connectivity index (χ0v) is 14.8. The van der Waals surface area contributed by atoms with Crippen molar-refractivity contribution in [3.63, 3.8) is 0 Å². The summed E-state index contributed by atoms with van der Waals surface area (Å²) in [4.78, 5) is 32.0. The van der Waals surface area contributed by atoms with Gasteiger partial charge in [-0.3, -0.25) is 9.59 Å². The average Bonchev–Trinajstić information content (AvgIpc) is 3.38. The number of hydrogen-bond donors (Lipinski definition) is 4. The predicted octanol–water partition coefficient (Wildman–Crippen LogP) is 1.90. The molecule has 7 heteroatoms. The minimum Gasteiger partial charge on any atom is -0.382 e. The van der Waals surface area contributed by atoms with E-state index in [4.69, 9.17) is 0 Å². The van der Waals surface area contributed by atoms with Gasteiger partial charge in [-0.05, 0) is 42.7 Å². The minimum atomic E-state index is -1.07. The Morgan fingerprint density at radius 2 is 2.04 bits per heavy atom. The molecule has 0 bridgehead atoms. The Morgan fingerprint density at radius 3 is 2.78 bits per heavy atom. The van der Waals surface area contributed by atoms with Gasteiger partial charge in [0.25, 0.3) is 11.8 Å². The van der Waals surface area contributed by atoms with E-state index in [1.165, 1.54) is 13.1 Å². The number of amides is 2. The van der Waals surface area contributed by atoms with Gasteiger partial charge in [-0.25, -0.2) is 4.98 Å². The maximum Gasteiger partial charge on any atom is 0.269 e. The van der Waals surface area contributed by atoms with Crippen LogP contribution in [0.1, 0.15) is 51.0 Å². The van der Waals surface area contributed by atoms with Gasteiger partial charge >= 0.3 is 0 Å². The number of aromatic amines is 1. The quantitative estimate of drug-likeness (QED) is 0.555. The number of rotatable bonds is 5. The summed E-state index contributed by atoms with van der Waals surface area (Å²) in [5.74, 6) is -0.678. The van der Waals surface area contributed by atoms with E-state index in [0.717, 1.165) is 23.7 Å². The maximum absolute atomic E-state index is 12.5. The zero-order chi connectivity index (χ0) is 19.0. The summed E-state index contributed by atoms with van der Waals surface area (Å²) in [6, 6.07) is 10.6. The van der Waals surface area contributed by atoms with E-state index in [9.17, 15) is 14.7 Å². The van der Waals surface area contributed by atoms with Crippen molar-refractivity contribution in [2.24, 2.45) is 0 Å². The maximum atomic E-state index is 12.5. The Kier molecular flexibility index (Phi) is 4.37. The number of nitrogens with one attached hydrogen (secondary N) is 3. The molecular formula is C20H20N4O3. The molecule has 1 aliphatic carbocycles. The van der Waals surface area contributed by atoms with Gasteiger partial charge in [-0.15, -0.1) is 0 Å². The molecule has 7 nitrogen and oxygen atoms in total. The van der Waals surface area contributed by atoms with Crippen LogP contribution in [0.5, 0.6) is 0 Å². The smallest absolute Gasteiger partial charge is 0.269 e. The summed E-state index contributed by atoms with van der Waals surface area (Å²) in [6.07, 6.45) is 2.65. The fourth-order valence-corrected chi connectivity index (χ4v) is 3.07. The Balaban J connectivity index is 1.77. The predicted molar refractivity (Wildman–Crippen MR) is 100 cm³/mol. The van der Waals surface area contributed by atoms with E-state index >= 15 is 0 Å². The summed E-state index contributed by atoms with van der Waals surface area (Å²) in [5, 5.41) is 17.2. The minimum absolute atomic E-state index is 0.0937. The standard InChI is InChI=1S/C20H20N4O3/c1-21-20(27)17-10-11(19(26)23-12-5-6-12)9-16(24-17)18(25)14-3-2-4-15-13(14)7-8-22-15/h2-4,7-10,12,18,22,25H,5-6H2,1H3,(H,21,27)(H,23,26). The molecule has 4 rings (SSSR count). The largest absolute Gasteiger partial charge is 0.382 e. The zero-order valence-electron chi connectivity index (χ0n) is 14.8. The molecule has 1 atom stereocenters. The first-order valence-corrected chi connectivity index (χ1v) is 8.86. The van der Waals surface area contributed by atoms with E-state index < -0.39 is 12.0 Å². The van der Waals surface area contributed by atoms with Crippen LogP contribution >= 0.6 is 0 Å². The second kappa shape index (κ2) is 6.85. The summed E-state index contributed by atoms with van der Waals surface area (Å²) in [6.45, 7) is 0. The van der Waals surface area contributed by atoms with E-state index in [1.54, 1.807) is 18.3 Å². The highest BCUT2D eigenvalue weighted by Crippen LogP contribution is 2.28. The van der Waals surface area contributed by atoms with E-state index in [1.807, 2.05) is 18.2 Å². The van der Waals surface area contributed by atoms with Crippen LogP contribution in [0.15, 0.2) is 42.6 Å². The molecule has 2 amide bonds. The number of benzene rings is 1. The topological polar surface area (TPSA) is 107 Å². The number of aliphatic hydroxyl groups excluding tert-OH is 1. The van der Waals surface area contributed by atoms with Crippen molar-refractivity contribution in [3.8, 4) is 0 Å². The van der Waals surface area contributed by atoms with Crippen LogP contribution in [0.4, 0.5) is 0 Å². The monoisotopic (exact) mass is 364 g/mol. The van der Waals surface area contributed by atoms with Gasteiger partial charge in [0.2, 0.25) is 0 Å². The number of pyridine rings is 1. The van der Waals surface area contributed by atoms with Crippen LogP contribution < -0.4 is 10.6 Å². The van der Waals surface area contributed by atoms with Crippen molar-refractivity contribution in [2.75, 3.05) is 7.05 Å². The number of aliphatic hydroxyl groups is 1. The van der Waals surface area contributed by atoms with Crippen LogP contribution in [0.25, 0.3) is 10.9 Å². The molecule has 27 heavy (non-hydrogen) atoms. The van der Waals surface area contributed by atoms with Crippen LogP contribution in [-0.2, 0) is 0 Å².